The Kier molecular flexibility index (Phi) is 10.3. The minimum atomic E-state index is -1.02. The molecule has 0 aliphatic carbocycles. The number of benzene rings is 3. The molecule has 0 unspecified atom stereocenters. The lowest BCUT2D eigenvalue weighted by Crippen LogP contribution is -2.40. The van der Waals surface area contributed by atoms with Gasteiger partial charge in [0.25, 0.3) is 5.56 Å². The maximum atomic E-state index is 14.2. The number of carbonyl (C=O) groups excluding carboxylic acids is 1. The third kappa shape index (κ3) is 6.90. The first-order valence-corrected chi connectivity index (χ1v) is 16.2. The molecule has 1 aliphatic rings. The van der Waals surface area contributed by atoms with Crippen molar-refractivity contribution in [2.75, 3.05) is 27.9 Å². The van der Waals surface area contributed by atoms with E-state index in [2.05, 4.69) is 27.6 Å². The van der Waals surface area contributed by atoms with Crippen molar-refractivity contribution in [3.63, 3.8) is 0 Å². The number of nitrogens with zero attached hydrogens (tertiary/aromatic N) is 2. The predicted molar refractivity (Wildman–Crippen MR) is 183 cm³/mol. The fourth-order valence-electron chi connectivity index (χ4n) is 5.20. The maximum absolute atomic E-state index is 14.2. The van der Waals surface area contributed by atoms with Gasteiger partial charge in [-0.3, -0.25) is 9.36 Å². The van der Waals surface area contributed by atoms with Gasteiger partial charge in [-0.1, -0.05) is 23.5 Å². The number of carboxylic acid groups (broad SMARTS) is 1. The van der Waals surface area contributed by atoms with Gasteiger partial charge in [-0.25, -0.2) is 14.6 Å². The van der Waals surface area contributed by atoms with E-state index in [-0.39, 0.29) is 29.9 Å². The van der Waals surface area contributed by atoms with E-state index < -0.39 is 18.0 Å². The summed E-state index contributed by atoms with van der Waals surface area (Å²) in [6.45, 7) is 3.71. The van der Waals surface area contributed by atoms with Crippen LogP contribution in [-0.2, 0) is 16.1 Å². The first kappa shape index (κ1) is 33.7. The molecule has 47 heavy (non-hydrogen) atoms. The van der Waals surface area contributed by atoms with Crippen LogP contribution in [0.2, 0.25) is 0 Å². The molecule has 11 nitrogen and oxygen atoms in total. The van der Waals surface area contributed by atoms with E-state index in [1.165, 1.54) is 43.3 Å². The SMILES string of the molecule is CCOC(=O)C1=C(C)N=c2s/c(=C\c3cc(I)c(OCc4cccc(C(=O)O)c4)c(OC)c3)c(=O)n2[C@H]1c1cc(OC)ccc1OC. The van der Waals surface area contributed by atoms with Crippen molar-refractivity contribution in [1.82, 2.24) is 4.57 Å². The number of hydrogen-bond donors (Lipinski definition) is 1. The van der Waals surface area contributed by atoms with Gasteiger partial charge < -0.3 is 28.8 Å². The molecule has 1 atom stereocenters. The van der Waals surface area contributed by atoms with Crippen LogP contribution in [0.15, 0.2) is 75.7 Å². The molecule has 1 aromatic heterocycles. The Morgan fingerprint density at radius 3 is 2.49 bits per heavy atom. The highest BCUT2D eigenvalue weighted by atomic mass is 127. The van der Waals surface area contributed by atoms with E-state index in [0.717, 1.165) is 3.57 Å². The van der Waals surface area contributed by atoms with Gasteiger partial charge >= 0.3 is 11.9 Å². The van der Waals surface area contributed by atoms with Gasteiger partial charge in [0.15, 0.2) is 16.3 Å². The Balaban J connectivity index is 1.59. The van der Waals surface area contributed by atoms with E-state index in [9.17, 15) is 19.5 Å². The van der Waals surface area contributed by atoms with E-state index in [1.807, 2.05) is 6.07 Å². The van der Waals surface area contributed by atoms with Gasteiger partial charge in [0.05, 0.1) is 52.9 Å². The summed E-state index contributed by atoms with van der Waals surface area (Å²) < 4.78 is 30.8. The first-order valence-electron chi connectivity index (χ1n) is 14.3. The van der Waals surface area contributed by atoms with E-state index in [1.54, 1.807) is 62.4 Å². The van der Waals surface area contributed by atoms with Crippen LogP contribution in [0.5, 0.6) is 23.0 Å². The van der Waals surface area contributed by atoms with Gasteiger partial charge in [0.2, 0.25) is 0 Å². The molecule has 0 spiro atoms. The molecule has 0 bridgehead atoms. The molecule has 0 amide bonds. The average molecular weight is 771 g/mol. The largest absolute Gasteiger partial charge is 0.497 e. The van der Waals surface area contributed by atoms with Crippen LogP contribution < -0.4 is 33.8 Å². The third-order valence-corrected chi connectivity index (χ3v) is 9.14. The molecule has 0 radical (unpaired) electrons. The molecule has 0 saturated heterocycles. The van der Waals surface area contributed by atoms with Crippen molar-refractivity contribution in [1.29, 1.82) is 0 Å². The monoisotopic (exact) mass is 770 g/mol. The third-order valence-electron chi connectivity index (χ3n) is 7.36. The Bertz CT molecular complexity index is 2080. The minimum Gasteiger partial charge on any atom is -0.497 e. The molecule has 3 aromatic carbocycles. The standard InChI is InChI=1S/C34H31IN2O9S/c1-6-45-33(41)28-18(2)36-34-37(29(28)23-16-22(42-3)10-11-25(23)43-4)31(38)27(47-34)15-20-13-24(35)30(26(14-20)44-5)46-17-19-8-7-9-21(12-19)32(39)40/h7-16,29H,6,17H2,1-5H3,(H,39,40)/b27-15-/t29-/m0/s1. The average Bonchev–Trinajstić information content (AvgIpc) is 3.36. The highest BCUT2D eigenvalue weighted by Crippen LogP contribution is 2.38. The second-order valence-corrected chi connectivity index (χ2v) is 12.4. The summed E-state index contributed by atoms with van der Waals surface area (Å²) in [4.78, 5) is 43.9. The van der Waals surface area contributed by atoms with E-state index in [4.69, 9.17) is 23.7 Å². The number of fused-ring (bicyclic) bond motifs is 1. The van der Waals surface area contributed by atoms with Gasteiger partial charge in [-0.2, -0.15) is 0 Å². The molecule has 0 fully saturated rings. The second-order valence-electron chi connectivity index (χ2n) is 10.2. The molecule has 2 heterocycles. The predicted octanol–water partition coefficient (Wildman–Crippen LogP) is 4.71. The van der Waals surface area contributed by atoms with Crippen LogP contribution >= 0.6 is 33.9 Å². The Morgan fingerprint density at radius 1 is 1.04 bits per heavy atom. The zero-order valence-corrected chi connectivity index (χ0v) is 29.1. The lowest BCUT2D eigenvalue weighted by molar-refractivity contribution is -0.139. The van der Waals surface area contributed by atoms with Crippen LogP contribution in [0.1, 0.15) is 46.9 Å². The van der Waals surface area contributed by atoms with Crippen molar-refractivity contribution in [3.05, 3.63) is 111 Å². The molecule has 1 aliphatic heterocycles. The van der Waals surface area contributed by atoms with Gasteiger partial charge in [-0.15, -0.1) is 0 Å². The lowest BCUT2D eigenvalue weighted by atomic mass is 9.94. The van der Waals surface area contributed by atoms with Crippen LogP contribution in [0.4, 0.5) is 0 Å². The van der Waals surface area contributed by atoms with Crippen molar-refractivity contribution >= 4 is 51.9 Å². The van der Waals surface area contributed by atoms with E-state index in [0.29, 0.717) is 54.7 Å². The smallest absolute Gasteiger partial charge is 0.338 e. The number of halogens is 1. The fourth-order valence-corrected chi connectivity index (χ4v) is 7.03. The van der Waals surface area contributed by atoms with Crippen LogP contribution in [0.3, 0.4) is 0 Å². The van der Waals surface area contributed by atoms with Crippen molar-refractivity contribution in [2.24, 2.45) is 4.99 Å². The summed E-state index contributed by atoms with van der Waals surface area (Å²) in [5, 5.41) is 9.31. The summed E-state index contributed by atoms with van der Waals surface area (Å²) in [6, 6.07) is 14.4. The normalized spacial score (nSPS) is 14.3. The summed E-state index contributed by atoms with van der Waals surface area (Å²) >= 11 is 3.32. The molecular formula is C34H31IN2O9S. The van der Waals surface area contributed by atoms with Gasteiger partial charge in [0, 0.05) is 5.56 Å². The summed E-state index contributed by atoms with van der Waals surface area (Å²) in [6.07, 6.45) is 1.73. The van der Waals surface area contributed by atoms with Crippen molar-refractivity contribution in [2.45, 2.75) is 26.5 Å². The zero-order chi connectivity index (χ0) is 33.8. The lowest BCUT2D eigenvalue weighted by Gasteiger charge is -2.26. The number of esters is 1. The summed E-state index contributed by atoms with van der Waals surface area (Å²) in [5.41, 5.74) is 2.37. The number of thiazole rings is 1. The highest BCUT2D eigenvalue weighted by molar-refractivity contribution is 14.1. The van der Waals surface area contributed by atoms with Crippen LogP contribution in [0.25, 0.3) is 6.08 Å². The summed E-state index contributed by atoms with van der Waals surface area (Å²) in [5.74, 6) is 0.306. The molecule has 4 aromatic rings. The molecule has 0 saturated carbocycles. The number of carboxylic acids is 1. The Labute approximate surface area is 287 Å². The molecule has 1 N–H and O–H groups in total. The minimum absolute atomic E-state index is 0.126. The zero-order valence-electron chi connectivity index (χ0n) is 26.2. The number of allylic oxidation sites excluding steroid dienone is 1. The molecule has 5 rings (SSSR count). The highest BCUT2D eigenvalue weighted by Gasteiger charge is 2.35. The number of aromatic carboxylic acids is 1. The number of rotatable bonds is 11. The Morgan fingerprint density at radius 2 is 1.81 bits per heavy atom. The maximum Gasteiger partial charge on any atom is 0.338 e. The van der Waals surface area contributed by atoms with Crippen molar-refractivity contribution in [3.8, 4) is 23.0 Å². The fraction of sp³-hybridized carbons (Fsp3) is 0.235. The van der Waals surface area contributed by atoms with Crippen LogP contribution in [-0.4, -0.2) is 49.5 Å². The molecule has 13 heteroatoms. The summed E-state index contributed by atoms with van der Waals surface area (Å²) in [7, 11) is 4.57. The molecular weight excluding hydrogens is 739 g/mol. The number of ether oxygens (including phenoxy) is 5. The van der Waals surface area contributed by atoms with Gasteiger partial charge in [0.1, 0.15) is 24.1 Å². The number of hydrogen-bond acceptors (Lipinski definition) is 10. The second kappa shape index (κ2) is 14.4. The molecule has 244 valence electrons. The van der Waals surface area contributed by atoms with Crippen LogP contribution in [0, 0.1) is 3.57 Å². The quantitative estimate of drug-likeness (QED) is 0.170. The van der Waals surface area contributed by atoms with Gasteiger partial charge in [-0.05, 0) is 96.1 Å². The Hall–Kier alpha value is -4.63. The first-order chi connectivity index (χ1) is 22.6. The van der Waals surface area contributed by atoms with E-state index >= 15 is 0 Å². The number of methoxy groups -OCH3 is 3. The topological polar surface area (TPSA) is 135 Å². The number of carbonyl (C=O) groups is 2. The number of aromatic nitrogens is 1. The van der Waals surface area contributed by atoms with Crippen molar-refractivity contribution < 1.29 is 38.4 Å².